The molecule has 0 atom stereocenters. The molecular formula is C17H18N6O2. The van der Waals surface area contributed by atoms with Crippen molar-refractivity contribution >= 4 is 28.3 Å². The Morgan fingerprint density at radius 3 is 3.04 bits per heavy atom. The van der Waals surface area contributed by atoms with Gasteiger partial charge in [0.1, 0.15) is 24.3 Å². The lowest BCUT2D eigenvalue weighted by molar-refractivity contribution is 0.0990. The van der Waals surface area contributed by atoms with Crippen molar-refractivity contribution in [1.82, 2.24) is 19.7 Å². The number of nitrogens with zero attached hydrogens (tertiary/aromatic N) is 5. The van der Waals surface area contributed by atoms with Crippen LogP contribution in [0.5, 0.6) is 5.88 Å². The van der Waals surface area contributed by atoms with Crippen LogP contribution in [0.4, 0.5) is 11.5 Å². The minimum absolute atomic E-state index is 0.124. The fraction of sp³-hybridized carbons (Fsp3) is 0.294. The van der Waals surface area contributed by atoms with E-state index in [0.29, 0.717) is 13.2 Å². The third-order valence-corrected chi connectivity index (χ3v) is 4.23. The lowest BCUT2D eigenvalue weighted by Crippen LogP contribution is -2.32. The molecule has 2 aromatic heterocycles. The second-order valence-corrected chi connectivity index (χ2v) is 5.86. The average Bonchev–Trinajstić information content (AvgIpc) is 2.92. The van der Waals surface area contributed by atoms with E-state index in [0.717, 1.165) is 29.6 Å². The molecule has 0 spiro atoms. The molecule has 25 heavy (non-hydrogen) atoms. The molecule has 2 N–H and O–H groups in total. The molecule has 8 nitrogen and oxygen atoms in total. The second kappa shape index (κ2) is 6.04. The molecule has 1 amide bonds. The van der Waals surface area contributed by atoms with Crippen molar-refractivity contribution in [3.8, 4) is 5.88 Å². The Balaban J connectivity index is 1.75. The van der Waals surface area contributed by atoms with Crippen LogP contribution in [0.1, 0.15) is 23.7 Å². The van der Waals surface area contributed by atoms with E-state index in [1.54, 1.807) is 4.90 Å². The molecule has 1 aliphatic rings. The maximum atomic E-state index is 13.0. The SMILES string of the molecule is CCCn1ncc2cc(N3CCOc4ncnc(N)c4C3=O)ccc21. The van der Waals surface area contributed by atoms with Gasteiger partial charge in [0.05, 0.1) is 18.3 Å². The number of benzene rings is 1. The smallest absolute Gasteiger partial charge is 0.267 e. The summed E-state index contributed by atoms with van der Waals surface area (Å²) in [6.45, 7) is 3.72. The van der Waals surface area contributed by atoms with Crippen LogP contribution in [0, 0.1) is 0 Å². The zero-order chi connectivity index (χ0) is 17.4. The first-order valence-electron chi connectivity index (χ1n) is 8.19. The maximum absolute atomic E-state index is 13.0. The van der Waals surface area contributed by atoms with E-state index in [9.17, 15) is 4.79 Å². The van der Waals surface area contributed by atoms with E-state index in [-0.39, 0.29) is 23.2 Å². The van der Waals surface area contributed by atoms with Crippen LogP contribution >= 0.6 is 0 Å². The van der Waals surface area contributed by atoms with E-state index >= 15 is 0 Å². The van der Waals surface area contributed by atoms with E-state index in [2.05, 4.69) is 22.0 Å². The highest BCUT2D eigenvalue weighted by Crippen LogP contribution is 2.29. The van der Waals surface area contributed by atoms with Crippen molar-refractivity contribution < 1.29 is 9.53 Å². The highest BCUT2D eigenvalue weighted by Gasteiger charge is 2.28. The van der Waals surface area contributed by atoms with Crippen molar-refractivity contribution in [3.05, 3.63) is 36.3 Å². The summed E-state index contributed by atoms with van der Waals surface area (Å²) in [5.74, 6) is 0.0986. The first kappa shape index (κ1) is 15.4. The van der Waals surface area contributed by atoms with Crippen molar-refractivity contribution in [3.63, 3.8) is 0 Å². The number of nitrogens with two attached hydrogens (primary N) is 1. The Morgan fingerprint density at radius 1 is 1.32 bits per heavy atom. The Kier molecular flexibility index (Phi) is 3.72. The number of carbonyl (C=O) groups excluding carboxylic acids is 1. The monoisotopic (exact) mass is 338 g/mol. The third kappa shape index (κ3) is 2.55. The number of aromatic nitrogens is 4. The minimum Gasteiger partial charge on any atom is -0.475 e. The molecule has 0 saturated heterocycles. The van der Waals surface area contributed by atoms with Crippen molar-refractivity contribution in [2.75, 3.05) is 23.8 Å². The number of amides is 1. The number of rotatable bonds is 3. The van der Waals surface area contributed by atoms with Gasteiger partial charge in [-0.2, -0.15) is 5.10 Å². The number of aryl methyl sites for hydroxylation is 1. The fourth-order valence-corrected chi connectivity index (χ4v) is 3.04. The number of nitrogen functional groups attached to an aromatic ring is 1. The summed E-state index contributed by atoms with van der Waals surface area (Å²) in [4.78, 5) is 22.5. The van der Waals surface area contributed by atoms with Gasteiger partial charge in [-0.15, -0.1) is 0 Å². The Bertz CT molecular complexity index is 951. The van der Waals surface area contributed by atoms with Crippen LogP contribution in [0.2, 0.25) is 0 Å². The Morgan fingerprint density at radius 2 is 2.20 bits per heavy atom. The zero-order valence-electron chi connectivity index (χ0n) is 13.8. The zero-order valence-corrected chi connectivity index (χ0v) is 13.8. The maximum Gasteiger partial charge on any atom is 0.267 e. The van der Waals surface area contributed by atoms with Crippen LogP contribution < -0.4 is 15.4 Å². The first-order valence-corrected chi connectivity index (χ1v) is 8.19. The molecule has 128 valence electrons. The molecule has 0 unspecified atom stereocenters. The lowest BCUT2D eigenvalue weighted by atomic mass is 10.2. The molecule has 3 heterocycles. The van der Waals surface area contributed by atoms with Crippen LogP contribution in [0.25, 0.3) is 10.9 Å². The van der Waals surface area contributed by atoms with Gasteiger partial charge in [-0.1, -0.05) is 6.92 Å². The Hall–Kier alpha value is -3.16. The summed E-state index contributed by atoms with van der Waals surface area (Å²) in [7, 11) is 0. The first-order chi connectivity index (χ1) is 12.2. The topological polar surface area (TPSA) is 99.2 Å². The highest BCUT2D eigenvalue weighted by atomic mass is 16.5. The van der Waals surface area contributed by atoms with E-state index in [1.807, 2.05) is 29.1 Å². The quantitative estimate of drug-likeness (QED) is 0.782. The van der Waals surface area contributed by atoms with Gasteiger partial charge < -0.3 is 15.4 Å². The summed E-state index contributed by atoms with van der Waals surface area (Å²) >= 11 is 0. The molecule has 0 fully saturated rings. The summed E-state index contributed by atoms with van der Waals surface area (Å²) in [6, 6.07) is 5.86. The molecule has 0 bridgehead atoms. The minimum atomic E-state index is -0.258. The molecule has 0 saturated carbocycles. The lowest BCUT2D eigenvalue weighted by Gasteiger charge is -2.20. The molecule has 1 aromatic carbocycles. The molecule has 4 rings (SSSR count). The largest absolute Gasteiger partial charge is 0.475 e. The van der Waals surface area contributed by atoms with Crippen LogP contribution in [0.15, 0.2) is 30.7 Å². The molecule has 8 heteroatoms. The van der Waals surface area contributed by atoms with Gasteiger partial charge in [-0.3, -0.25) is 9.48 Å². The standard InChI is InChI=1S/C17H18N6O2/c1-2-5-23-13-4-3-12(8-11(13)9-21-23)22-6-7-25-16-14(17(22)24)15(18)19-10-20-16/h3-4,8-10H,2,5-7H2,1H3,(H2,18,19,20). The molecule has 1 aliphatic heterocycles. The predicted octanol–water partition coefficient (Wildman–Crippen LogP) is 1.86. The predicted molar refractivity (Wildman–Crippen MR) is 93.6 cm³/mol. The van der Waals surface area contributed by atoms with Crippen LogP contribution in [-0.2, 0) is 6.54 Å². The summed E-state index contributed by atoms with van der Waals surface area (Å²) < 4.78 is 7.53. The second-order valence-electron chi connectivity index (χ2n) is 5.86. The van der Waals surface area contributed by atoms with Gasteiger partial charge in [-0.05, 0) is 24.6 Å². The van der Waals surface area contributed by atoms with Gasteiger partial charge in [0, 0.05) is 17.6 Å². The Labute approximate surface area is 144 Å². The fourth-order valence-electron chi connectivity index (χ4n) is 3.04. The number of ether oxygens (including phenoxy) is 1. The summed E-state index contributed by atoms with van der Waals surface area (Å²) in [5, 5.41) is 5.39. The number of carbonyl (C=O) groups is 1. The number of hydrogen-bond acceptors (Lipinski definition) is 6. The molecule has 0 aliphatic carbocycles. The van der Waals surface area contributed by atoms with E-state index in [1.165, 1.54) is 6.33 Å². The summed E-state index contributed by atoms with van der Waals surface area (Å²) in [6.07, 6.45) is 4.13. The van der Waals surface area contributed by atoms with Gasteiger partial charge >= 0.3 is 0 Å². The van der Waals surface area contributed by atoms with Crippen molar-refractivity contribution in [2.24, 2.45) is 0 Å². The van der Waals surface area contributed by atoms with Crippen LogP contribution in [-0.4, -0.2) is 38.8 Å². The van der Waals surface area contributed by atoms with Gasteiger partial charge in [0.2, 0.25) is 5.88 Å². The van der Waals surface area contributed by atoms with Crippen LogP contribution in [0.3, 0.4) is 0 Å². The average molecular weight is 338 g/mol. The molecule has 3 aromatic rings. The van der Waals surface area contributed by atoms with E-state index < -0.39 is 0 Å². The normalized spacial score (nSPS) is 14.3. The van der Waals surface area contributed by atoms with Crippen molar-refractivity contribution in [2.45, 2.75) is 19.9 Å². The van der Waals surface area contributed by atoms with Crippen molar-refractivity contribution in [1.29, 1.82) is 0 Å². The third-order valence-electron chi connectivity index (χ3n) is 4.23. The van der Waals surface area contributed by atoms with E-state index in [4.69, 9.17) is 10.5 Å². The number of hydrogen-bond donors (Lipinski definition) is 1. The summed E-state index contributed by atoms with van der Waals surface area (Å²) in [5.41, 5.74) is 7.91. The van der Waals surface area contributed by atoms with Gasteiger partial charge in [0.25, 0.3) is 5.91 Å². The molecular weight excluding hydrogens is 320 g/mol. The highest BCUT2D eigenvalue weighted by molar-refractivity contribution is 6.11. The molecule has 0 radical (unpaired) electrons. The number of fused-ring (bicyclic) bond motifs is 2. The van der Waals surface area contributed by atoms with Gasteiger partial charge in [-0.25, -0.2) is 9.97 Å². The van der Waals surface area contributed by atoms with Gasteiger partial charge in [0.15, 0.2) is 0 Å². The number of anilines is 2.